The zero-order valence-electron chi connectivity index (χ0n) is 28.6. The molecular formula is C37H73NO4. The van der Waals surface area contributed by atoms with Crippen molar-refractivity contribution in [2.45, 2.75) is 213 Å². The van der Waals surface area contributed by atoms with Crippen molar-refractivity contribution in [3.05, 3.63) is 0 Å². The monoisotopic (exact) mass is 596 g/mol. The van der Waals surface area contributed by atoms with Crippen molar-refractivity contribution in [3.63, 3.8) is 0 Å². The summed E-state index contributed by atoms with van der Waals surface area (Å²) in [5, 5.41) is 20.2. The molecule has 0 saturated carbocycles. The Hall–Kier alpha value is -1.10. The summed E-state index contributed by atoms with van der Waals surface area (Å²) in [5.41, 5.74) is -1.05. The van der Waals surface area contributed by atoms with Gasteiger partial charge in [0, 0.05) is 6.42 Å². The number of carbonyl (C=O) groups is 2. The molecular weight excluding hydrogens is 522 g/mol. The number of aliphatic carboxylic acids is 2. The molecule has 0 aliphatic carbocycles. The van der Waals surface area contributed by atoms with Crippen LogP contribution in [-0.2, 0) is 9.59 Å². The van der Waals surface area contributed by atoms with Crippen molar-refractivity contribution >= 4 is 11.9 Å². The minimum atomic E-state index is -1.05. The number of nitrogens with zero attached hydrogens (tertiary/aromatic N) is 1. The molecule has 5 nitrogen and oxygen atoms in total. The average molecular weight is 596 g/mol. The predicted octanol–water partition coefficient (Wildman–Crippen LogP) is 11.6. The van der Waals surface area contributed by atoms with E-state index in [9.17, 15) is 19.8 Å². The van der Waals surface area contributed by atoms with E-state index in [1.165, 1.54) is 122 Å². The lowest BCUT2D eigenvalue weighted by atomic mass is 9.84. The van der Waals surface area contributed by atoms with Gasteiger partial charge in [0.15, 0.2) is 0 Å². The highest BCUT2D eigenvalue weighted by Crippen LogP contribution is 2.31. The van der Waals surface area contributed by atoms with E-state index < -0.39 is 17.5 Å². The van der Waals surface area contributed by atoms with E-state index in [1.54, 1.807) is 0 Å². The van der Waals surface area contributed by atoms with Crippen molar-refractivity contribution in [1.29, 1.82) is 0 Å². The quantitative estimate of drug-likeness (QED) is 0.0723. The number of carboxylic acid groups (broad SMARTS) is 2. The van der Waals surface area contributed by atoms with Crippen molar-refractivity contribution in [2.75, 3.05) is 13.1 Å². The minimum absolute atomic E-state index is 0.0747. The Morgan fingerprint density at radius 2 is 0.762 bits per heavy atom. The van der Waals surface area contributed by atoms with Gasteiger partial charge in [-0.25, -0.2) is 0 Å². The molecule has 0 aliphatic heterocycles. The summed E-state index contributed by atoms with van der Waals surface area (Å²) in [5.74, 6) is -1.70. The first-order valence-electron chi connectivity index (χ1n) is 18.6. The summed E-state index contributed by atoms with van der Waals surface area (Å²) < 4.78 is 0. The van der Waals surface area contributed by atoms with Gasteiger partial charge in [0.05, 0.1) is 0 Å². The van der Waals surface area contributed by atoms with Crippen molar-refractivity contribution in [1.82, 2.24) is 4.90 Å². The first-order chi connectivity index (χ1) is 20.4. The molecule has 0 aromatic rings. The molecule has 0 aliphatic rings. The summed E-state index contributed by atoms with van der Waals surface area (Å²) in [6.07, 6.45) is 32.6. The van der Waals surface area contributed by atoms with Crippen LogP contribution in [0, 0.1) is 0 Å². The number of hydrogen-bond acceptors (Lipinski definition) is 3. The van der Waals surface area contributed by atoms with E-state index in [4.69, 9.17) is 0 Å². The van der Waals surface area contributed by atoms with Gasteiger partial charge in [0.1, 0.15) is 5.54 Å². The zero-order chi connectivity index (χ0) is 31.2. The molecule has 0 heterocycles. The number of unbranched alkanes of at least 4 members (excludes halogenated alkanes) is 23. The van der Waals surface area contributed by atoms with Crippen LogP contribution < -0.4 is 0 Å². The van der Waals surface area contributed by atoms with Crippen LogP contribution in [0.3, 0.4) is 0 Å². The molecule has 1 atom stereocenters. The lowest BCUT2D eigenvalue weighted by Crippen LogP contribution is -2.55. The molecule has 0 aromatic carbocycles. The zero-order valence-corrected chi connectivity index (χ0v) is 28.6. The minimum Gasteiger partial charge on any atom is -0.481 e. The third-order valence-electron chi connectivity index (χ3n) is 9.26. The van der Waals surface area contributed by atoms with E-state index in [1.807, 2.05) is 0 Å². The van der Waals surface area contributed by atoms with Crippen molar-refractivity contribution < 1.29 is 19.8 Å². The molecule has 0 amide bonds. The Bertz CT molecular complexity index is 587. The van der Waals surface area contributed by atoms with Crippen LogP contribution in [0.4, 0.5) is 0 Å². The predicted molar refractivity (Wildman–Crippen MR) is 180 cm³/mol. The number of hydrogen-bond donors (Lipinski definition) is 2. The second kappa shape index (κ2) is 29.9. The second-order valence-corrected chi connectivity index (χ2v) is 13.1. The Morgan fingerprint density at radius 1 is 0.452 bits per heavy atom. The molecule has 5 heteroatoms. The van der Waals surface area contributed by atoms with Crippen molar-refractivity contribution in [2.24, 2.45) is 0 Å². The van der Waals surface area contributed by atoms with Gasteiger partial charge in [0.25, 0.3) is 0 Å². The van der Waals surface area contributed by atoms with Crippen LogP contribution in [0.5, 0.6) is 0 Å². The molecule has 0 aromatic heterocycles. The van der Waals surface area contributed by atoms with E-state index in [0.717, 1.165) is 58.0 Å². The van der Waals surface area contributed by atoms with E-state index >= 15 is 0 Å². The molecule has 0 saturated heterocycles. The standard InChI is InChI=1S/C37H73NO4/c1-4-7-10-13-16-18-20-22-25-28-33-38(34-29-26-23-21-19-17-14-11-8-5-2)37(36(41)42,32-30-35(39)40)31-27-24-15-12-9-6-3/h4-34H2,1-3H3,(H,39,40)(H,41,42)/t37-/m0/s1. The fourth-order valence-corrected chi connectivity index (χ4v) is 6.42. The van der Waals surface area contributed by atoms with E-state index in [0.29, 0.717) is 6.42 Å². The van der Waals surface area contributed by atoms with E-state index in [2.05, 4.69) is 25.7 Å². The molecule has 0 unspecified atom stereocenters. The molecule has 2 N–H and O–H groups in total. The fourth-order valence-electron chi connectivity index (χ4n) is 6.42. The van der Waals surface area contributed by atoms with Crippen LogP contribution in [0.2, 0.25) is 0 Å². The average Bonchev–Trinajstić information content (AvgIpc) is 2.97. The molecule has 0 radical (unpaired) electrons. The van der Waals surface area contributed by atoms with Crippen LogP contribution in [0.1, 0.15) is 207 Å². The third-order valence-corrected chi connectivity index (χ3v) is 9.26. The Kier molecular flexibility index (Phi) is 29.2. The lowest BCUT2D eigenvalue weighted by molar-refractivity contribution is -0.154. The maximum atomic E-state index is 13.0. The molecule has 250 valence electrons. The Labute approximate surface area is 262 Å². The maximum absolute atomic E-state index is 13.0. The van der Waals surface area contributed by atoms with E-state index in [-0.39, 0.29) is 12.8 Å². The van der Waals surface area contributed by atoms with Crippen LogP contribution >= 0.6 is 0 Å². The van der Waals surface area contributed by atoms with Crippen LogP contribution in [0.25, 0.3) is 0 Å². The highest BCUT2D eigenvalue weighted by Gasteiger charge is 2.43. The highest BCUT2D eigenvalue weighted by molar-refractivity contribution is 5.80. The van der Waals surface area contributed by atoms with Crippen LogP contribution in [-0.4, -0.2) is 45.7 Å². The highest BCUT2D eigenvalue weighted by atomic mass is 16.4. The Balaban J connectivity index is 5.07. The van der Waals surface area contributed by atoms with Crippen LogP contribution in [0.15, 0.2) is 0 Å². The summed E-state index contributed by atoms with van der Waals surface area (Å²) >= 11 is 0. The molecule has 0 fully saturated rings. The van der Waals surface area contributed by atoms with Crippen molar-refractivity contribution in [3.8, 4) is 0 Å². The van der Waals surface area contributed by atoms with Gasteiger partial charge in [-0.1, -0.05) is 175 Å². The molecule has 0 rings (SSSR count). The van der Waals surface area contributed by atoms with Gasteiger partial charge >= 0.3 is 11.9 Å². The van der Waals surface area contributed by atoms with Gasteiger partial charge in [-0.2, -0.15) is 0 Å². The molecule has 0 bridgehead atoms. The summed E-state index contributed by atoms with van der Waals surface area (Å²) in [6, 6.07) is 0. The van der Waals surface area contributed by atoms with Gasteiger partial charge in [0.2, 0.25) is 0 Å². The normalized spacial score (nSPS) is 13.0. The summed E-state index contributed by atoms with van der Waals surface area (Å²) in [4.78, 5) is 26.8. The van der Waals surface area contributed by atoms with Gasteiger partial charge in [-0.05, 0) is 38.8 Å². The van der Waals surface area contributed by atoms with Gasteiger partial charge in [-0.15, -0.1) is 0 Å². The SMILES string of the molecule is CCCCCCCCCCCCN(CCCCCCCCCCCC)[C@@](CCCCCCCC)(CCC(=O)O)C(=O)O. The smallest absolute Gasteiger partial charge is 0.324 e. The maximum Gasteiger partial charge on any atom is 0.324 e. The first-order valence-corrected chi connectivity index (χ1v) is 18.6. The number of rotatable bonds is 34. The van der Waals surface area contributed by atoms with Gasteiger partial charge < -0.3 is 10.2 Å². The molecule has 42 heavy (non-hydrogen) atoms. The Morgan fingerprint density at radius 3 is 1.07 bits per heavy atom. The number of carboxylic acids is 2. The largest absolute Gasteiger partial charge is 0.481 e. The second-order valence-electron chi connectivity index (χ2n) is 13.1. The summed E-state index contributed by atoms with van der Waals surface area (Å²) in [6.45, 7) is 8.27. The lowest BCUT2D eigenvalue weighted by Gasteiger charge is -2.41. The first kappa shape index (κ1) is 40.9. The summed E-state index contributed by atoms with van der Waals surface area (Å²) in [7, 11) is 0. The third kappa shape index (κ3) is 22.4. The van der Waals surface area contributed by atoms with Gasteiger partial charge in [-0.3, -0.25) is 14.5 Å². The topological polar surface area (TPSA) is 77.8 Å². The fraction of sp³-hybridized carbons (Fsp3) is 0.946. The molecule has 0 spiro atoms.